The second-order valence-electron chi connectivity index (χ2n) is 6.65. The van der Waals surface area contributed by atoms with Crippen LogP contribution in [0.4, 0.5) is 5.69 Å². The van der Waals surface area contributed by atoms with Crippen molar-refractivity contribution in [2.45, 2.75) is 32.6 Å². The van der Waals surface area contributed by atoms with E-state index < -0.39 is 0 Å². The van der Waals surface area contributed by atoms with Crippen LogP contribution in [0.15, 0.2) is 24.3 Å². The molecular weight excluding hydrogens is 302 g/mol. The Bertz CT molecular complexity index is 594. The van der Waals surface area contributed by atoms with E-state index in [1.807, 2.05) is 34.9 Å². The smallest absolute Gasteiger partial charge is 0.228 e. The molecular formula is C19H27N3O2. The number of carbonyl (C=O) groups is 2. The molecule has 0 unspecified atom stereocenters. The molecule has 1 aromatic carbocycles. The highest BCUT2D eigenvalue weighted by Crippen LogP contribution is 2.27. The number of amides is 2. The summed E-state index contributed by atoms with van der Waals surface area (Å²) in [6, 6.07) is 8.18. The predicted octanol–water partition coefficient (Wildman–Crippen LogP) is 1.91. The van der Waals surface area contributed by atoms with Crippen molar-refractivity contribution in [3.8, 4) is 0 Å². The van der Waals surface area contributed by atoms with Gasteiger partial charge in [0.15, 0.2) is 0 Å². The minimum atomic E-state index is 0.212. The maximum Gasteiger partial charge on any atom is 0.228 e. The number of hydrogen-bond donors (Lipinski definition) is 0. The van der Waals surface area contributed by atoms with Gasteiger partial charge < -0.3 is 9.80 Å². The number of benzene rings is 1. The second kappa shape index (κ2) is 7.79. The molecule has 3 rings (SSSR count). The Hall–Kier alpha value is -1.88. The van der Waals surface area contributed by atoms with Crippen LogP contribution in [0.3, 0.4) is 0 Å². The number of anilines is 1. The predicted molar refractivity (Wildman–Crippen MR) is 95.0 cm³/mol. The van der Waals surface area contributed by atoms with Gasteiger partial charge in [0.25, 0.3) is 0 Å². The van der Waals surface area contributed by atoms with E-state index in [1.165, 1.54) is 5.56 Å². The molecule has 2 aliphatic heterocycles. The molecule has 1 aromatic rings. The summed E-state index contributed by atoms with van der Waals surface area (Å²) >= 11 is 0. The molecule has 2 aliphatic rings. The number of nitrogens with zero attached hydrogens (tertiary/aromatic N) is 3. The van der Waals surface area contributed by atoms with Gasteiger partial charge in [-0.2, -0.15) is 0 Å². The SMILES string of the molecule is CCCC(=O)N1CCN(CCC(=O)N2CCc3ccccc32)CC1. The lowest BCUT2D eigenvalue weighted by Crippen LogP contribution is -2.49. The molecule has 0 N–H and O–H groups in total. The van der Waals surface area contributed by atoms with Crippen LogP contribution in [-0.4, -0.2) is 60.9 Å². The molecule has 5 heteroatoms. The molecule has 0 radical (unpaired) electrons. The van der Waals surface area contributed by atoms with Gasteiger partial charge in [0.1, 0.15) is 0 Å². The largest absolute Gasteiger partial charge is 0.340 e. The Morgan fingerprint density at radius 3 is 2.46 bits per heavy atom. The molecule has 130 valence electrons. The summed E-state index contributed by atoms with van der Waals surface area (Å²) in [6.07, 6.45) is 3.06. The Morgan fingerprint density at radius 1 is 0.958 bits per heavy atom. The van der Waals surface area contributed by atoms with Gasteiger partial charge in [-0.3, -0.25) is 14.5 Å². The maximum absolute atomic E-state index is 12.5. The van der Waals surface area contributed by atoms with Gasteiger partial charge in [-0.1, -0.05) is 25.1 Å². The zero-order valence-corrected chi connectivity index (χ0v) is 14.5. The summed E-state index contributed by atoms with van der Waals surface area (Å²) in [5.74, 6) is 0.478. The Kier molecular flexibility index (Phi) is 5.51. The minimum absolute atomic E-state index is 0.212. The average Bonchev–Trinajstić information content (AvgIpc) is 3.04. The van der Waals surface area contributed by atoms with Crippen molar-refractivity contribution in [1.82, 2.24) is 9.80 Å². The van der Waals surface area contributed by atoms with Crippen molar-refractivity contribution >= 4 is 17.5 Å². The summed E-state index contributed by atoms with van der Waals surface area (Å²) in [5.41, 5.74) is 2.35. The van der Waals surface area contributed by atoms with Gasteiger partial charge in [0.2, 0.25) is 11.8 Å². The lowest BCUT2D eigenvalue weighted by molar-refractivity contribution is -0.133. The van der Waals surface area contributed by atoms with E-state index in [1.54, 1.807) is 0 Å². The third-order valence-electron chi connectivity index (χ3n) is 5.02. The fourth-order valence-corrected chi connectivity index (χ4v) is 3.58. The fourth-order valence-electron chi connectivity index (χ4n) is 3.58. The van der Waals surface area contributed by atoms with Crippen LogP contribution in [0.1, 0.15) is 31.7 Å². The Morgan fingerprint density at radius 2 is 1.71 bits per heavy atom. The van der Waals surface area contributed by atoms with Crippen LogP contribution in [0.25, 0.3) is 0 Å². The van der Waals surface area contributed by atoms with E-state index in [4.69, 9.17) is 0 Å². The van der Waals surface area contributed by atoms with Crippen LogP contribution in [0.2, 0.25) is 0 Å². The number of para-hydroxylation sites is 1. The van der Waals surface area contributed by atoms with Gasteiger partial charge in [-0.05, 0) is 24.5 Å². The number of carbonyl (C=O) groups excluding carboxylic acids is 2. The molecule has 0 atom stereocenters. The highest BCUT2D eigenvalue weighted by Gasteiger charge is 2.25. The molecule has 0 saturated carbocycles. The van der Waals surface area contributed by atoms with E-state index in [-0.39, 0.29) is 11.8 Å². The van der Waals surface area contributed by atoms with Crippen molar-refractivity contribution in [3.63, 3.8) is 0 Å². The normalized spacial score (nSPS) is 17.9. The molecule has 0 spiro atoms. The van der Waals surface area contributed by atoms with Gasteiger partial charge in [-0.25, -0.2) is 0 Å². The monoisotopic (exact) mass is 329 g/mol. The van der Waals surface area contributed by atoms with Gasteiger partial charge in [-0.15, -0.1) is 0 Å². The van der Waals surface area contributed by atoms with Crippen LogP contribution in [0, 0.1) is 0 Å². The van der Waals surface area contributed by atoms with Crippen LogP contribution >= 0.6 is 0 Å². The fraction of sp³-hybridized carbons (Fsp3) is 0.579. The van der Waals surface area contributed by atoms with Crippen molar-refractivity contribution in [3.05, 3.63) is 29.8 Å². The molecule has 1 saturated heterocycles. The van der Waals surface area contributed by atoms with Crippen LogP contribution < -0.4 is 4.90 Å². The third kappa shape index (κ3) is 3.78. The minimum Gasteiger partial charge on any atom is -0.340 e. The lowest BCUT2D eigenvalue weighted by atomic mass is 10.2. The topological polar surface area (TPSA) is 43.9 Å². The Balaban J connectivity index is 1.44. The quantitative estimate of drug-likeness (QED) is 0.829. The van der Waals surface area contributed by atoms with Crippen LogP contribution in [0.5, 0.6) is 0 Å². The molecule has 2 heterocycles. The zero-order chi connectivity index (χ0) is 16.9. The van der Waals surface area contributed by atoms with Gasteiger partial charge in [0.05, 0.1) is 0 Å². The summed E-state index contributed by atoms with van der Waals surface area (Å²) in [7, 11) is 0. The van der Waals surface area contributed by atoms with Crippen molar-refractivity contribution in [2.24, 2.45) is 0 Å². The summed E-state index contributed by atoms with van der Waals surface area (Å²) < 4.78 is 0. The van der Waals surface area contributed by atoms with E-state index in [0.29, 0.717) is 12.8 Å². The summed E-state index contributed by atoms with van der Waals surface area (Å²) in [6.45, 7) is 6.96. The number of rotatable bonds is 5. The maximum atomic E-state index is 12.5. The summed E-state index contributed by atoms with van der Waals surface area (Å²) in [4.78, 5) is 30.6. The van der Waals surface area contributed by atoms with E-state index in [0.717, 1.165) is 57.8 Å². The Labute approximate surface area is 144 Å². The molecule has 24 heavy (non-hydrogen) atoms. The van der Waals surface area contributed by atoms with Gasteiger partial charge >= 0.3 is 0 Å². The van der Waals surface area contributed by atoms with E-state index >= 15 is 0 Å². The third-order valence-corrected chi connectivity index (χ3v) is 5.02. The number of piperazine rings is 1. The zero-order valence-electron chi connectivity index (χ0n) is 14.5. The molecule has 2 amide bonds. The second-order valence-corrected chi connectivity index (χ2v) is 6.65. The average molecular weight is 329 g/mol. The molecule has 0 aromatic heterocycles. The molecule has 0 aliphatic carbocycles. The molecule has 0 bridgehead atoms. The standard InChI is InChI=1S/C19H27N3O2/c1-2-5-18(23)21-14-12-20(13-15-21)10-9-19(24)22-11-8-16-6-3-4-7-17(16)22/h3-4,6-7H,2,5,8-15H2,1H3. The summed E-state index contributed by atoms with van der Waals surface area (Å²) in [5, 5.41) is 0. The number of fused-ring (bicyclic) bond motifs is 1. The van der Waals surface area contributed by atoms with Gasteiger partial charge in [0, 0.05) is 57.8 Å². The lowest BCUT2D eigenvalue weighted by Gasteiger charge is -2.34. The number of hydrogen-bond acceptors (Lipinski definition) is 3. The first-order valence-corrected chi connectivity index (χ1v) is 9.07. The molecule has 1 fully saturated rings. The first-order valence-electron chi connectivity index (χ1n) is 9.07. The first kappa shape index (κ1) is 17.0. The van der Waals surface area contributed by atoms with E-state index in [2.05, 4.69) is 11.0 Å². The van der Waals surface area contributed by atoms with Crippen molar-refractivity contribution in [1.29, 1.82) is 0 Å². The first-order chi connectivity index (χ1) is 11.7. The molecule has 5 nitrogen and oxygen atoms in total. The van der Waals surface area contributed by atoms with Crippen molar-refractivity contribution in [2.75, 3.05) is 44.2 Å². The van der Waals surface area contributed by atoms with E-state index in [9.17, 15) is 9.59 Å². The highest BCUT2D eigenvalue weighted by molar-refractivity contribution is 5.95. The van der Waals surface area contributed by atoms with Crippen molar-refractivity contribution < 1.29 is 9.59 Å². The highest BCUT2D eigenvalue weighted by atomic mass is 16.2. The van der Waals surface area contributed by atoms with Crippen LogP contribution in [-0.2, 0) is 16.0 Å².